The van der Waals surface area contributed by atoms with Crippen LogP contribution in [0.1, 0.15) is 31.1 Å². The number of carboxylic acid groups (broad SMARTS) is 1. The summed E-state index contributed by atoms with van der Waals surface area (Å²) in [5, 5.41) is 28.0. The van der Waals surface area contributed by atoms with Crippen LogP contribution in [0.15, 0.2) is 18.2 Å². The van der Waals surface area contributed by atoms with E-state index < -0.39 is 17.4 Å². The van der Waals surface area contributed by atoms with Crippen LogP contribution in [0, 0.1) is 0 Å². The van der Waals surface area contributed by atoms with Gasteiger partial charge in [-0.15, -0.1) is 0 Å². The Morgan fingerprint density at radius 2 is 1.84 bits per heavy atom. The molecule has 3 N–H and O–H groups in total. The van der Waals surface area contributed by atoms with E-state index >= 15 is 0 Å². The molecule has 0 unspecified atom stereocenters. The molecule has 0 radical (unpaired) electrons. The Labute approximate surface area is 110 Å². The molecule has 0 bridgehead atoms. The minimum atomic E-state index is -1.39. The third-order valence-electron chi connectivity index (χ3n) is 2.97. The van der Waals surface area contributed by atoms with Crippen LogP contribution in [-0.2, 0) is 4.79 Å². The van der Waals surface area contributed by atoms with Crippen molar-refractivity contribution < 1.29 is 24.9 Å². The van der Waals surface area contributed by atoms with Crippen molar-refractivity contribution in [2.75, 3.05) is 6.54 Å². The first kappa shape index (κ1) is 14.8. The van der Waals surface area contributed by atoms with Gasteiger partial charge in [-0.05, 0) is 32.9 Å². The molecule has 19 heavy (non-hydrogen) atoms. The molecule has 1 amide bonds. The maximum atomic E-state index is 12.3. The maximum Gasteiger partial charge on any atom is 0.329 e. The number of nitrogens with zero attached hydrogens (tertiary/aromatic N) is 1. The molecule has 0 aliphatic carbocycles. The van der Waals surface area contributed by atoms with E-state index in [1.54, 1.807) is 6.92 Å². The normalized spacial score (nSPS) is 11.1. The Kier molecular flexibility index (Phi) is 4.04. The number of benzene rings is 1. The second-order valence-corrected chi connectivity index (χ2v) is 4.62. The second kappa shape index (κ2) is 5.17. The van der Waals surface area contributed by atoms with Gasteiger partial charge in [0.2, 0.25) is 0 Å². The van der Waals surface area contributed by atoms with Gasteiger partial charge in [-0.1, -0.05) is 0 Å². The first-order valence-electron chi connectivity index (χ1n) is 5.79. The minimum absolute atomic E-state index is 0.0472. The molecule has 6 heteroatoms. The van der Waals surface area contributed by atoms with E-state index in [2.05, 4.69) is 0 Å². The van der Waals surface area contributed by atoms with Crippen LogP contribution in [0.5, 0.6) is 11.5 Å². The number of carbonyl (C=O) groups is 2. The first-order valence-corrected chi connectivity index (χ1v) is 5.79. The topological polar surface area (TPSA) is 98.1 Å². The van der Waals surface area contributed by atoms with Crippen molar-refractivity contribution >= 4 is 11.9 Å². The van der Waals surface area contributed by atoms with Gasteiger partial charge in [-0.3, -0.25) is 4.79 Å². The summed E-state index contributed by atoms with van der Waals surface area (Å²) in [6.45, 7) is 4.65. The fourth-order valence-electron chi connectivity index (χ4n) is 1.75. The van der Waals surface area contributed by atoms with Gasteiger partial charge in [0, 0.05) is 12.6 Å². The summed E-state index contributed by atoms with van der Waals surface area (Å²) >= 11 is 0. The van der Waals surface area contributed by atoms with Crippen molar-refractivity contribution in [3.63, 3.8) is 0 Å². The average molecular weight is 267 g/mol. The molecular formula is C13H17NO5. The molecule has 0 spiro atoms. The lowest BCUT2D eigenvalue weighted by Gasteiger charge is -2.34. The number of aliphatic carboxylic acids is 1. The average Bonchev–Trinajstić information content (AvgIpc) is 2.28. The third-order valence-corrected chi connectivity index (χ3v) is 2.97. The van der Waals surface area contributed by atoms with Crippen LogP contribution >= 0.6 is 0 Å². The Morgan fingerprint density at radius 3 is 2.26 bits per heavy atom. The van der Waals surface area contributed by atoms with E-state index in [9.17, 15) is 19.8 Å². The number of phenols is 2. The summed E-state index contributed by atoms with van der Waals surface area (Å²) in [6, 6.07) is 3.55. The van der Waals surface area contributed by atoms with E-state index in [0.717, 1.165) is 11.0 Å². The second-order valence-electron chi connectivity index (χ2n) is 4.62. The lowest BCUT2D eigenvalue weighted by atomic mass is 10.0. The molecule has 1 rings (SSSR count). The highest BCUT2D eigenvalue weighted by molar-refractivity contribution is 5.99. The van der Waals surface area contributed by atoms with Crippen molar-refractivity contribution in [3.05, 3.63) is 23.8 Å². The number of aromatic hydroxyl groups is 2. The summed E-state index contributed by atoms with van der Waals surface area (Å²) in [6.07, 6.45) is 0. The number of hydrogen-bond acceptors (Lipinski definition) is 4. The van der Waals surface area contributed by atoms with Crippen LogP contribution in [0.4, 0.5) is 0 Å². The standard InChI is InChI=1S/C13H17NO5/c1-4-14(13(2,3)12(18)19)11(17)9-6-5-8(15)7-10(9)16/h5-7,15-16H,4H2,1-3H3,(H,18,19). The Balaban J connectivity index is 3.19. The number of amides is 1. The summed E-state index contributed by atoms with van der Waals surface area (Å²) in [4.78, 5) is 24.6. The fraction of sp³-hybridized carbons (Fsp3) is 0.385. The van der Waals surface area contributed by atoms with Gasteiger partial charge in [0.1, 0.15) is 17.0 Å². The van der Waals surface area contributed by atoms with Gasteiger partial charge in [-0.25, -0.2) is 4.79 Å². The van der Waals surface area contributed by atoms with Gasteiger partial charge in [0.05, 0.1) is 5.56 Å². The highest BCUT2D eigenvalue weighted by atomic mass is 16.4. The Hall–Kier alpha value is -2.24. The van der Waals surface area contributed by atoms with Gasteiger partial charge in [-0.2, -0.15) is 0 Å². The van der Waals surface area contributed by atoms with E-state index in [-0.39, 0.29) is 23.6 Å². The molecule has 0 heterocycles. The van der Waals surface area contributed by atoms with Crippen LogP contribution in [-0.4, -0.2) is 44.2 Å². The molecular weight excluding hydrogens is 250 g/mol. The van der Waals surface area contributed by atoms with E-state index in [4.69, 9.17) is 5.11 Å². The van der Waals surface area contributed by atoms with Crippen molar-refractivity contribution in [2.45, 2.75) is 26.3 Å². The SMILES string of the molecule is CCN(C(=O)c1ccc(O)cc1O)C(C)(C)C(=O)O. The lowest BCUT2D eigenvalue weighted by molar-refractivity contribution is -0.147. The van der Waals surface area contributed by atoms with Crippen LogP contribution in [0.2, 0.25) is 0 Å². The van der Waals surface area contributed by atoms with Crippen molar-refractivity contribution in [3.8, 4) is 11.5 Å². The maximum absolute atomic E-state index is 12.3. The number of carbonyl (C=O) groups excluding carboxylic acids is 1. The number of hydrogen-bond donors (Lipinski definition) is 3. The zero-order chi connectivity index (χ0) is 14.8. The fourth-order valence-corrected chi connectivity index (χ4v) is 1.75. The van der Waals surface area contributed by atoms with Crippen molar-refractivity contribution in [1.82, 2.24) is 4.90 Å². The van der Waals surface area contributed by atoms with Crippen molar-refractivity contribution in [2.24, 2.45) is 0 Å². The van der Waals surface area contributed by atoms with E-state index in [0.29, 0.717) is 0 Å². The minimum Gasteiger partial charge on any atom is -0.508 e. The zero-order valence-electron chi connectivity index (χ0n) is 11.0. The van der Waals surface area contributed by atoms with Crippen molar-refractivity contribution in [1.29, 1.82) is 0 Å². The summed E-state index contributed by atoms with van der Waals surface area (Å²) < 4.78 is 0. The van der Waals surface area contributed by atoms with E-state index in [1.165, 1.54) is 26.0 Å². The quantitative estimate of drug-likeness (QED) is 0.766. The van der Waals surface area contributed by atoms with Gasteiger partial charge >= 0.3 is 5.97 Å². The zero-order valence-corrected chi connectivity index (χ0v) is 11.0. The predicted octanol–water partition coefficient (Wildman–Crippen LogP) is 1.42. The molecule has 0 atom stereocenters. The van der Waals surface area contributed by atoms with Gasteiger partial charge in [0.15, 0.2) is 0 Å². The first-order chi connectivity index (χ1) is 8.71. The lowest BCUT2D eigenvalue weighted by Crippen LogP contribution is -2.52. The molecule has 104 valence electrons. The molecule has 1 aromatic carbocycles. The molecule has 0 fully saturated rings. The Bertz CT molecular complexity index is 510. The number of rotatable bonds is 4. The van der Waals surface area contributed by atoms with Gasteiger partial charge in [0.25, 0.3) is 5.91 Å². The third kappa shape index (κ3) is 2.78. The molecule has 0 aliphatic rings. The molecule has 0 saturated heterocycles. The largest absolute Gasteiger partial charge is 0.508 e. The number of likely N-dealkylation sites (N-methyl/N-ethyl adjacent to an activating group) is 1. The molecule has 0 aromatic heterocycles. The van der Waals surface area contributed by atoms with Crippen LogP contribution in [0.3, 0.4) is 0 Å². The molecule has 6 nitrogen and oxygen atoms in total. The molecule has 0 saturated carbocycles. The molecule has 1 aromatic rings. The van der Waals surface area contributed by atoms with Crippen LogP contribution in [0.25, 0.3) is 0 Å². The Morgan fingerprint density at radius 1 is 1.26 bits per heavy atom. The van der Waals surface area contributed by atoms with Gasteiger partial charge < -0.3 is 20.2 Å². The predicted molar refractivity (Wildman–Crippen MR) is 68.2 cm³/mol. The number of carboxylic acids is 1. The summed E-state index contributed by atoms with van der Waals surface area (Å²) in [5.74, 6) is -2.30. The highest BCUT2D eigenvalue weighted by Gasteiger charge is 2.37. The van der Waals surface area contributed by atoms with Crippen LogP contribution < -0.4 is 0 Å². The van der Waals surface area contributed by atoms with E-state index in [1.807, 2.05) is 0 Å². The number of phenolic OH excluding ortho intramolecular Hbond substituents is 2. The smallest absolute Gasteiger partial charge is 0.329 e. The highest BCUT2D eigenvalue weighted by Crippen LogP contribution is 2.26. The molecule has 0 aliphatic heterocycles. The summed E-state index contributed by atoms with van der Waals surface area (Å²) in [5.41, 5.74) is -1.44. The summed E-state index contributed by atoms with van der Waals surface area (Å²) in [7, 11) is 0. The monoisotopic (exact) mass is 267 g/mol.